The number of likely N-dealkylation sites (tertiary alicyclic amines) is 1. The molecule has 0 aromatic heterocycles. The second kappa shape index (κ2) is 11.0. The number of hydrogen-bond acceptors (Lipinski definition) is 6. The molecular weight excluding hydrogens is 424 g/mol. The number of piperidine rings is 1. The second-order valence-corrected chi connectivity index (χ2v) is 11.4. The van der Waals surface area contributed by atoms with E-state index in [9.17, 15) is 18.5 Å². The van der Waals surface area contributed by atoms with E-state index in [1.165, 1.54) is 5.56 Å². The molecule has 2 heterocycles. The zero-order valence-electron chi connectivity index (χ0n) is 19.1. The van der Waals surface area contributed by atoms with E-state index in [-0.39, 0.29) is 29.0 Å². The monoisotopic (exact) mass is 458 g/mol. The highest BCUT2D eigenvalue weighted by molar-refractivity contribution is 7.91. The molecule has 1 atom stereocenters. The fourth-order valence-corrected chi connectivity index (χ4v) is 6.20. The van der Waals surface area contributed by atoms with E-state index < -0.39 is 9.84 Å². The van der Waals surface area contributed by atoms with Crippen LogP contribution in [0.5, 0.6) is 0 Å². The Morgan fingerprint density at radius 3 is 2.41 bits per heavy atom. The maximum atomic E-state index is 13.1. The lowest BCUT2D eigenvalue weighted by Gasteiger charge is -2.33. The first-order valence-electron chi connectivity index (χ1n) is 11.3. The van der Waals surface area contributed by atoms with Crippen molar-refractivity contribution in [2.24, 2.45) is 5.92 Å². The molecule has 0 aliphatic carbocycles. The van der Waals surface area contributed by atoms with Crippen LogP contribution in [-0.4, -0.2) is 86.8 Å². The number of hydrogen-bond donors (Lipinski definition) is 0. The molecular formula is C24H34N4O3S. The molecule has 0 N–H and O–H groups in total. The number of carbonyl (C=O) groups excluding carboxylic acids is 1. The third-order valence-corrected chi connectivity index (χ3v) is 8.15. The van der Waals surface area contributed by atoms with Crippen molar-refractivity contribution in [1.82, 2.24) is 14.7 Å². The van der Waals surface area contributed by atoms with Gasteiger partial charge in [-0.05, 0) is 51.3 Å². The Bertz CT molecular complexity index is 945. The number of carbonyl (C=O) groups is 1. The average Bonchev–Trinajstić information content (AvgIpc) is 3.14. The van der Waals surface area contributed by atoms with Gasteiger partial charge in [0, 0.05) is 38.4 Å². The summed E-state index contributed by atoms with van der Waals surface area (Å²) in [5.41, 5.74) is 1.41. The molecule has 32 heavy (non-hydrogen) atoms. The van der Waals surface area contributed by atoms with Crippen LogP contribution in [0.4, 0.5) is 0 Å². The molecule has 0 spiro atoms. The lowest BCUT2D eigenvalue weighted by Crippen LogP contribution is -2.41. The van der Waals surface area contributed by atoms with Crippen molar-refractivity contribution in [3.05, 3.63) is 47.7 Å². The fourth-order valence-electron chi connectivity index (χ4n) is 4.46. The molecule has 8 heteroatoms. The Morgan fingerprint density at radius 2 is 1.84 bits per heavy atom. The van der Waals surface area contributed by atoms with Crippen molar-refractivity contribution >= 4 is 15.7 Å². The first kappa shape index (κ1) is 24.3. The van der Waals surface area contributed by atoms with Crippen molar-refractivity contribution in [1.29, 1.82) is 5.26 Å². The molecule has 2 aliphatic rings. The summed E-state index contributed by atoms with van der Waals surface area (Å²) >= 11 is 0. The lowest BCUT2D eigenvalue weighted by atomic mass is 9.90. The van der Waals surface area contributed by atoms with Gasteiger partial charge in [0.05, 0.1) is 11.5 Å². The Kier molecular flexibility index (Phi) is 8.32. The third-order valence-electron chi connectivity index (χ3n) is 6.40. The minimum Gasteiger partial charge on any atom is -0.371 e. The molecule has 1 unspecified atom stereocenters. The standard InChI is InChI=1S/C24H34N4O3S/c1-26(2)13-14-28(23-10-15-32(30,31)19-23)18-22(17-25)24(29)27-11-8-21(9-12-27)16-20-6-4-3-5-7-20/h3-7,18,21,23H,8-16,19H2,1-2H3/b22-18-. The van der Waals surface area contributed by atoms with Crippen molar-refractivity contribution in [3.63, 3.8) is 0 Å². The van der Waals surface area contributed by atoms with Gasteiger partial charge >= 0.3 is 0 Å². The average molecular weight is 459 g/mol. The molecule has 2 saturated heterocycles. The van der Waals surface area contributed by atoms with E-state index in [1.807, 2.05) is 30.0 Å². The van der Waals surface area contributed by atoms with Crippen LogP contribution in [0.3, 0.4) is 0 Å². The highest BCUT2D eigenvalue weighted by atomic mass is 32.2. The van der Waals surface area contributed by atoms with Gasteiger partial charge in [0.2, 0.25) is 0 Å². The Morgan fingerprint density at radius 1 is 1.16 bits per heavy atom. The van der Waals surface area contributed by atoms with Gasteiger partial charge in [0.25, 0.3) is 5.91 Å². The van der Waals surface area contributed by atoms with Gasteiger partial charge in [0.1, 0.15) is 11.6 Å². The predicted octanol–water partition coefficient (Wildman–Crippen LogP) is 1.93. The number of benzene rings is 1. The van der Waals surface area contributed by atoms with Crippen LogP contribution in [0.2, 0.25) is 0 Å². The van der Waals surface area contributed by atoms with Crippen LogP contribution in [0.15, 0.2) is 42.1 Å². The molecule has 1 aromatic carbocycles. The van der Waals surface area contributed by atoms with E-state index in [0.717, 1.165) is 19.3 Å². The highest BCUT2D eigenvalue weighted by Crippen LogP contribution is 2.24. The van der Waals surface area contributed by atoms with E-state index in [0.29, 0.717) is 38.5 Å². The first-order chi connectivity index (χ1) is 15.3. The first-order valence-corrected chi connectivity index (χ1v) is 13.2. The quantitative estimate of drug-likeness (QED) is 0.437. The summed E-state index contributed by atoms with van der Waals surface area (Å²) in [5, 5.41) is 9.72. The van der Waals surface area contributed by atoms with Crippen LogP contribution < -0.4 is 0 Å². The minimum absolute atomic E-state index is 0.0781. The number of sulfone groups is 1. The zero-order valence-corrected chi connectivity index (χ0v) is 19.9. The van der Waals surface area contributed by atoms with Crippen molar-refractivity contribution < 1.29 is 13.2 Å². The molecule has 0 bridgehead atoms. The van der Waals surface area contributed by atoms with E-state index in [1.54, 1.807) is 11.1 Å². The SMILES string of the molecule is CN(C)CCN(/C=C(/C#N)C(=O)N1CCC(Cc2ccccc2)CC1)C1CCS(=O)(=O)C1. The zero-order chi connectivity index (χ0) is 23.1. The number of nitriles is 1. The largest absolute Gasteiger partial charge is 0.371 e. The lowest BCUT2D eigenvalue weighted by molar-refractivity contribution is -0.128. The van der Waals surface area contributed by atoms with Crippen LogP contribution in [0.25, 0.3) is 0 Å². The van der Waals surface area contributed by atoms with Crippen LogP contribution in [0.1, 0.15) is 24.8 Å². The van der Waals surface area contributed by atoms with Crippen LogP contribution >= 0.6 is 0 Å². The number of rotatable bonds is 8. The van der Waals surface area contributed by atoms with Crippen molar-refractivity contribution in [2.45, 2.75) is 31.7 Å². The molecule has 1 amide bonds. The molecule has 2 fully saturated rings. The molecule has 7 nitrogen and oxygen atoms in total. The number of nitrogens with zero attached hydrogens (tertiary/aromatic N) is 4. The summed E-state index contributed by atoms with van der Waals surface area (Å²) in [6.07, 6.45) is 4.99. The smallest absolute Gasteiger partial charge is 0.266 e. The van der Waals surface area contributed by atoms with E-state index >= 15 is 0 Å². The van der Waals surface area contributed by atoms with Gasteiger partial charge in [-0.2, -0.15) is 5.26 Å². The van der Waals surface area contributed by atoms with Gasteiger partial charge in [0.15, 0.2) is 9.84 Å². The maximum Gasteiger partial charge on any atom is 0.266 e. The molecule has 174 valence electrons. The summed E-state index contributed by atoms with van der Waals surface area (Å²) in [4.78, 5) is 18.8. The molecule has 0 saturated carbocycles. The molecule has 1 aromatic rings. The van der Waals surface area contributed by atoms with Gasteiger partial charge in [-0.25, -0.2) is 8.42 Å². The maximum absolute atomic E-state index is 13.1. The summed E-state index contributed by atoms with van der Waals surface area (Å²) in [5.74, 6) is 0.529. The summed E-state index contributed by atoms with van der Waals surface area (Å²) < 4.78 is 24.0. The normalized spacial score (nSPS) is 21.5. The van der Waals surface area contributed by atoms with E-state index in [4.69, 9.17) is 0 Å². The van der Waals surface area contributed by atoms with Crippen LogP contribution in [0, 0.1) is 17.2 Å². The van der Waals surface area contributed by atoms with Gasteiger partial charge in [-0.3, -0.25) is 4.79 Å². The van der Waals surface area contributed by atoms with Gasteiger partial charge < -0.3 is 14.7 Å². The van der Waals surface area contributed by atoms with Crippen LogP contribution in [-0.2, 0) is 21.1 Å². The highest BCUT2D eigenvalue weighted by Gasteiger charge is 2.32. The Hall–Kier alpha value is -2.37. The summed E-state index contributed by atoms with van der Waals surface area (Å²) in [6, 6.07) is 12.3. The Labute approximate surface area is 192 Å². The number of likely N-dealkylation sites (N-methyl/N-ethyl adjacent to an activating group) is 1. The summed E-state index contributed by atoms with van der Waals surface area (Å²) in [6.45, 7) is 2.57. The van der Waals surface area contributed by atoms with Crippen molar-refractivity contribution in [3.8, 4) is 6.07 Å². The number of amides is 1. The van der Waals surface area contributed by atoms with Gasteiger partial charge in [-0.15, -0.1) is 0 Å². The van der Waals surface area contributed by atoms with Crippen molar-refractivity contribution in [2.75, 3.05) is 51.8 Å². The predicted molar refractivity (Wildman–Crippen MR) is 125 cm³/mol. The summed E-state index contributed by atoms with van der Waals surface area (Å²) in [7, 11) is 0.838. The van der Waals surface area contributed by atoms with E-state index in [2.05, 4.69) is 30.3 Å². The topological polar surface area (TPSA) is 84.7 Å². The minimum atomic E-state index is -3.06. The molecule has 0 radical (unpaired) electrons. The van der Waals surface area contributed by atoms with Gasteiger partial charge in [-0.1, -0.05) is 30.3 Å². The molecule has 2 aliphatic heterocycles. The second-order valence-electron chi connectivity index (χ2n) is 9.18. The Balaban J connectivity index is 1.64. The fraction of sp³-hybridized carbons (Fsp3) is 0.583. The molecule has 3 rings (SSSR count). The third kappa shape index (κ3) is 6.81.